The zero-order valence-electron chi connectivity index (χ0n) is 12.1. The van der Waals surface area contributed by atoms with E-state index in [9.17, 15) is 13.2 Å². The molecule has 0 amide bonds. The van der Waals surface area contributed by atoms with E-state index in [0.29, 0.717) is 19.5 Å². The summed E-state index contributed by atoms with van der Waals surface area (Å²) in [5, 5.41) is 12.1. The number of piperidine rings is 1. The molecule has 1 aliphatic heterocycles. The van der Waals surface area contributed by atoms with Crippen LogP contribution in [0.2, 0.25) is 0 Å². The molecule has 1 fully saturated rings. The summed E-state index contributed by atoms with van der Waals surface area (Å²) in [6.07, 6.45) is 0.323. The number of nitrogens with one attached hydrogen (secondary N) is 1. The maximum Gasteiger partial charge on any atom is 0.307 e. The van der Waals surface area contributed by atoms with Gasteiger partial charge in [-0.05, 0) is 25.5 Å². The lowest BCUT2D eigenvalue weighted by atomic mass is 9.96. The Bertz CT molecular complexity index is 612. The van der Waals surface area contributed by atoms with Crippen LogP contribution < -0.4 is 5.32 Å². The molecule has 0 radical (unpaired) electrons. The summed E-state index contributed by atoms with van der Waals surface area (Å²) in [5.41, 5.74) is 0.988. The van der Waals surface area contributed by atoms with Crippen LogP contribution in [-0.2, 0) is 14.8 Å². The number of carboxylic acids is 1. The number of hydrogen-bond acceptors (Lipinski definition) is 4. The zero-order chi connectivity index (χ0) is 15.6. The molecule has 6 nitrogen and oxygen atoms in total. The highest BCUT2D eigenvalue weighted by molar-refractivity contribution is 7.89. The lowest BCUT2D eigenvalue weighted by molar-refractivity contribution is -0.142. The van der Waals surface area contributed by atoms with Crippen molar-refractivity contribution in [2.45, 2.75) is 24.3 Å². The summed E-state index contributed by atoms with van der Waals surface area (Å²) < 4.78 is 26.4. The van der Waals surface area contributed by atoms with Crippen LogP contribution in [0, 0.1) is 12.8 Å². The van der Waals surface area contributed by atoms with Crippen LogP contribution in [0.3, 0.4) is 0 Å². The van der Waals surface area contributed by atoms with E-state index in [-0.39, 0.29) is 10.9 Å². The molecule has 1 aliphatic rings. The van der Waals surface area contributed by atoms with Gasteiger partial charge in [-0.25, -0.2) is 8.42 Å². The minimum absolute atomic E-state index is 0.230. The standard InChI is InChI=1S/C14H20N2O4S/c1-10-3-5-13(6-4-10)21(19,20)16(2)12-7-11(14(17)18)8-15-9-12/h3-6,11-12,15H,7-9H2,1-2H3,(H,17,18). The van der Waals surface area contributed by atoms with Crippen molar-refractivity contribution in [3.8, 4) is 0 Å². The summed E-state index contributed by atoms with van der Waals surface area (Å²) in [5.74, 6) is -1.45. The SMILES string of the molecule is Cc1ccc(S(=O)(=O)N(C)C2CNCC(C(=O)O)C2)cc1. The first-order valence-corrected chi connectivity index (χ1v) is 8.24. The first kappa shape index (κ1) is 15.9. The highest BCUT2D eigenvalue weighted by atomic mass is 32.2. The molecular weight excluding hydrogens is 292 g/mol. The fourth-order valence-corrected chi connectivity index (χ4v) is 3.82. The Morgan fingerprint density at radius 1 is 1.29 bits per heavy atom. The molecule has 1 heterocycles. The third-order valence-corrected chi connectivity index (χ3v) is 5.81. The Kier molecular flexibility index (Phi) is 4.65. The molecule has 2 rings (SSSR count). The van der Waals surface area contributed by atoms with Crippen molar-refractivity contribution in [1.29, 1.82) is 0 Å². The normalized spacial score (nSPS) is 23.2. The van der Waals surface area contributed by atoms with Gasteiger partial charge in [0.05, 0.1) is 10.8 Å². The van der Waals surface area contributed by atoms with Crippen LogP contribution in [0.1, 0.15) is 12.0 Å². The third-order valence-electron chi connectivity index (χ3n) is 3.89. The summed E-state index contributed by atoms with van der Waals surface area (Å²) >= 11 is 0. The number of likely N-dealkylation sites (N-methyl/N-ethyl adjacent to an activating group) is 1. The molecule has 0 spiro atoms. The number of aryl methyl sites for hydroxylation is 1. The van der Waals surface area contributed by atoms with Crippen molar-refractivity contribution < 1.29 is 18.3 Å². The van der Waals surface area contributed by atoms with Gasteiger partial charge in [0.2, 0.25) is 10.0 Å². The molecule has 2 unspecified atom stereocenters. The molecule has 21 heavy (non-hydrogen) atoms. The molecule has 0 saturated carbocycles. The van der Waals surface area contributed by atoms with Crippen LogP contribution in [0.25, 0.3) is 0 Å². The van der Waals surface area contributed by atoms with Gasteiger partial charge in [0.1, 0.15) is 0 Å². The van der Waals surface area contributed by atoms with Gasteiger partial charge in [0.25, 0.3) is 0 Å². The van der Waals surface area contributed by atoms with E-state index in [1.807, 2.05) is 6.92 Å². The van der Waals surface area contributed by atoms with Crippen LogP contribution in [0.4, 0.5) is 0 Å². The second-order valence-corrected chi connectivity index (χ2v) is 7.41. The van der Waals surface area contributed by atoms with Crippen LogP contribution >= 0.6 is 0 Å². The molecule has 1 aromatic rings. The van der Waals surface area contributed by atoms with Gasteiger partial charge < -0.3 is 10.4 Å². The summed E-state index contributed by atoms with van der Waals surface area (Å²) in [6.45, 7) is 2.73. The number of carboxylic acid groups (broad SMARTS) is 1. The van der Waals surface area contributed by atoms with Gasteiger partial charge in [0, 0.05) is 26.2 Å². The Labute approximate surface area is 124 Å². The minimum atomic E-state index is -3.60. The fourth-order valence-electron chi connectivity index (χ4n) is 2.46. The maximum atomic E-state index is 12.6. The molecule has 1 aromatic carbocycles. The van der Waals surface area contributed by atoms with Gasteiger partial charge in [-0.2, -0.15) is 4.31 Å². The van der Waals surface area contributed by atoms with Gasteiger partial charge in [-0.3, -0.25) is 4.79 Å². The lowest BCUT2D eigenvalue weighted by Gasteiger charge is -2.33. The quantitative estimate of drug-likeness (QED) is 0.854. The molecule has 0 aromatic heterocycles. The van der Waals surface area contributed by atoms with E-state index < -0.39 is 21.9 Å². The molecule has 116 valence electrons. The van der Waals surface area contributed by atoms with Crippen molar-refractivity contribution in [1.82, 2.24) is 9.62 Å². The molecule has 0 bridgehead atoms. The van der Waals surface area contributed by atoms with Crippen LogP contribution in [-0.4, -0.2) is 50.0 Å². The Morgan fingerprint density at radius 2 is 1.90 bits per heavy atom. The number of hydrogen-bond donors (Lipinski definition) is 2. The number of benzene rings is 1. The summed E-state index contributed by atoms with van der Waals surface area (Å²) in [6, 6.07) is 6.30. The van der Waals surface area contributed by atoms with Crippen molar-refractivity contribution >= 4 is 16.0 Å². The second kappa shape index (κ2) is 6.13. The fraction of sp³-hybridized carbons (Fsp3) is 0.500. The molecule has 0 aliphatic carbocycles. The zero-order valence-corrected chi connectivity index (χ0v) is 12.9. The van der Waals surface area contributed by atoms with E-state index in [1.165, 1.54) is 11.4 Å². The molecule has 7 heteroatoms. The number of sulfonamides is 1. The van der Waals surface area contributed by atoms with E-state index in [2.05, 4.69) is 5.32 Å². The largest absolute Gasteiger partial charge is 0.481 e. The molecule has 2 atom stereocenters. The lowest BCUT2D eigenvalue weighted by Crippen LogP contribution is -2.51. The monoisotopic (exact) mass is 312 g/mol. The van der Waals surface area contributed by atoms with Crippen molar-refractivity contribution in [3.63, 3.8) is 0 Å². The van der Waals surface area contributed by atoms with Crippen molar-refractivity contribution in [3.05, 3.63) is 29.8 Å². The van der Waals surface area contributed by atoms with Crippen molar-refractivity contribution in [2.75, 3.05) is 20.1 Å². The maximum absolute atomic E-state index is 12.6. The predicted octanol–water partition coefficient (Wildman–Crippen LogP) is 0.678. The molecule has 2 N–H and O–H groups in total. The summed E-state index contributed by atoms with van der Waals surface area (Å²) in [7, 11) is -2.10. The highest BCUT2D eigenvalue weighted by Crippen LogP contribution is 2.22. The Hall–Kier alpha value is -1.44. The highest BCUT2D eigenvalue weighted by Gasteiger charge is 2.34. The molecule has 1 saturated heterocycles. The van der Waals surface area contributed by atoms with Gasteiger partial charge in [-0.1, -0.05) is 17.7 Å². The van der Waals surface area contributed by atoms with Gasteiger partial charge in [0.15, 0.2) is 0 Å². The second-order valence-electron chi connectivity index (χ2n) is 5.42. The minimum Gasteiger partial charge on any atom is -0.481 e. The van der Waals surface area contributed by atoms with Crippen molar-refractivity contribution in [2.24, 2.45) is 5.92 Å². The van der Waals surface area contributed by atoms with Crippen LogP contribution in [0.15, 0.2) is 29.2 Å². The molecular formula is C14H20N2O4S. The number of carbonyl (C=O) groups is 1. The van der Waals surface area contributed by atoms with Gasteiger partial charge >= 0.3 is 5.97 Å². The number of rotatable bonds is 4. The summed E-state index contributed by atoms with van der Waals surface area (Å²) in [4.78, 5) is 11.3. The van der Waals surface area contributed by atoms with Crippen LogP contribution in [0.5, 0.6) is 0 Å². The van der Waals surface area contributed by atoms with E-state index in [1.54, 1.807) is 24.3 Å². The average Bonchev–Trinajstić information content (AvgIpc) is 2.47. The predicted molar refractivity (Wildman–Crippen MR) is 78.5 cm³/mol. The Morgan fingerprint density at radius 3 is 2.48 bits per heavy atom. The third kappa shape index (κ3) is 3.42. The first-order chi connectivity index (χ1) is 9.82. The van der Waals surface area contributed by atoms with Gasteiger partial charge in [-0.15, -0.1) is 0 Å². The number of nitrogens with zero attached hydrogens (tertiary/aromatic N) is 1. The number of aliphatic carboxylic acids is 1. The smallest absolute Gasteiger partial charge is 0.307 e. The van der Waals surface area contributed by atoms with E-state index in [4.69, 9.17) is 5.11 Å². The van der Waals surface area contributed by atoms with E-state index >= 15 is 0 Å². The van der Waals surface area contributed by atoms with E-state index in [0.717, 1.165) is 5.56 Å². The first-order valence-electron chi connectivity index (χ1n) is 6.80. The topological polar surface area (TPSA) is 86.7 Å². The Balaban J connectivity index is 2.19. The average molecular weight is 312 g/mol.